The Bertz CT molecular complexity index is 537. The standard InChI is InChI=1S/C13H22N4O5/c1-8-13(9(2)15-21-7,10(18)16(6)14-8)17(20)11(19)22-12(3,4)5/h20H,1-7H3/b15-9+. The van der Waals surface area contributed by atoms with Crippen molar-refractivity contribution in [2.75, 3.05) is 14.2 Å². The van der Waals surface area contributed by atoms with Crippen LogP contribution in [0.4, 0.5) is 4.79 Å². The molecule has 2 amide bonds. The summed E-state index contributed by atoms with van der Waals surface area (Å²) < 4.78 is 5.11. The third-order valence-electron chi connectivity index (χ3n) is 3.06. The zero-order chi connectivity index (χ0) is 17.3. The first kappa shape index (κ1) is 17.9. The van der Waals surface area contributed by atoms with Gasteiger partial charge >= 0.3 is 6.09 Å². The van der Waals surface area contributed by atoms with Crippen LogP contribution in [0.5, 0.6) is 0 Å². The normalized spacial score (nSPS) is 22.5. The van der Waals surface area contributed by atoms with Gasteiger partial charge in [0.15, 0.2) is 0 Å². The molecule has 124 valence electrons. The number of hydrogen-bond donors (Lipinski definition) is 1. The topological polar surface area (TPSA) is 104 Å². The molecule has 0 bridgehead atoms. The molecule has 1 rings (SSSR count). The molecule has 1 N–H and O–H groups in total. The predicted molar refractivity (Wildman–Crippen MR) is 78.6 cm³/mol. The minimum Gasteiger partial charge on any atom is -0.442 e. The molecule has 0 spiro atoms. The zero-order valence-electron chi connectivity index (χ0n) is 13.9. The summed E-state index contributed by atoms with van der Waals surface area (Å²) in [4.78, 5) is 29.4. The summed E-state index contributed by atoms with van der Waals surface area (Å²) in [6.07, 6.45) is -1.09. The number of likely N-dealkylation sites (N-methyl/N-ethyl adjacent to an activating group) is 1. The van der Waals surface area contributed by atoms with Crippen molar-refractivity contribution in [1.82, 2.24) is 10.1 Å². The summed E-state index contributed by atoms with van der Waals surface area (Å²) in [6.45, 7) is 7.89. The van der Waals surface area contributed by atoms with Crippen molar-refractivity contribution in [3.8, 4) is 0 Å². The van der Waals surface area contributed by atoms with Gasteiger partial charge in [0.2, 0.25) is 5.54 Å². The van der Waals surface area contributed by atoms with Crippen LogP contribution in [0.3, 0.4) is 0 Å². The number of nitrogens with zero attached hydrogens (tertiary/aromatic N) is 4. The van der Waals surface area contributed by atoms with E-state index in [-0.39, 0.29) is 16.5 Å². The second kappa shape index (κ2) is 5.91. The lowest BCUT2D eigenvalue weighted by molar-refractivity contribution is -0.155. The van der Waals surface area contributed by atoms with Gasteiger partial charge in [-0.25, -0.2) is 9.80 Å². The molecule has 0 aromatic heterocycles. The average molecular weight is 314 g/mol. The lowest BCUT2D eigenvalue weighted by atomic mass is 9.88. The molecule has 1 unspecified atom stereocenters. The van der Waals surface area contributed by atoms with Crippen LogP contribution in [0.25, 0.3) is 0 Å². The second-order valence-corrected chi connectivity index (χ2v) is 5.88. The summed E-state index contributed by atoms with van der Waals surface area (Å²) in [5.74, 6) is -0.642. The minimum absolute atomic E-state index is 0.0546. The monoisotopic (exact) mass is 314 g/mol. The molecule has 9 nitrogen and oxygen atoms in total. The fourth-order valence-corrected chi connectivity index (χ4v) is 2.19. The molecule has 0 fully saturated rings. The molecule has 0 saturated heterocycles. The quantitative estimate of drug-likeness (QED) is 0.479. The Morgan fingerprint density at radius 2 is 2.00 bits per heavy atom. The number of rotatable bonds is 3. The van der Waals surface area contributed by atoms with E-state index >= 15 is 0 Å². The summed E-state index contributed by atoms with van der Waals surface area (Å²) >= 11 is 0. The number of carbonyl (C=O) groups is 2. The molecule has 1 aliphatic heterocycles. The Hall–Kier alpha value is -2.16. The minimum atomic E-state index is -1.88. The number of carbonyl (C=O) groups excluding carboxylic acids is 2. The lowest BCUT2D eigenvalue weighted by Gasteiger charge is -2.34. The van der Waals surface area contributed by atoms with E-state index in [1.807, 2.05) is 0 Å². The first-order chi connectivity index (χ1) is 9.98. The van der Waals surface area contributed by atoms with Crippen LogP contribution in [0.2, 0.25) is 0 Å². The van der Waals surface area contributed by atoms with Crippen LogP contribution in [-0.2, 0) is 14.4 Å². The summed E-state index contributed by atoms with van der Waals surface area (Å²) in [7, 11) is 2.71. The molecule has 0 aromatic carbocycles. The van der Waals surface area contributed by atoms with Crippen molar-refractivity contribution in [1.29, 1.82) is 0 Å². The first-order valence-corrected chi connectivity index (χ1v) is 6.62. The molecule has 1 heterocycles. The fourth-order valence-electron chi connectivity index (χ4n) is 2.19. The largest absolute Gasteiger partial charge is 0.442 e. The number of oxime groups is 1. The highest BCUT2D eigenvalue weighted by Gasteiger charge is 2.58. The number of hydrazone groups is 1. The molecule has 1 atom stereocenters. The highest BCUT2D eigenvalue weighted by Crippen LogP contribution is 2.29. The Morgan fingerprint density at radius 3 is 2.36 bits per heavy atom. The summed E-state index contributed by atoms with van der Waals surface area (Å²) in [5.41, 5.74) is -2.50. The number of hydrogen-bond acceptors (Lipinski definition) is 7. The van der Waals surface area contributed by atoms with Gasteiger partial charge in [0, 0.05) is 7.05 Å². The van der Waals surface area contributed by atoms with Gasteiger partial charge in [0.1, 0.15) is 12.7 Å². The Balaban J connectivity index is 3.36. The fraction of sp³-hybridized carbons (Fsp3) is 0.692. The van der Waals surface area contributed by atoms with E-state index in [1.54, 1.807) is 20.8 Å². The van der Waals surface area contributed by atoms with Crippen LogP contribution in [0.15, 0.2) is 10.3 Å². The Kier molecular flexibility index (Phi) is 4.81. The SMILES string of the molecule is CO/N=C(\C)C1(N(O)C(=O)OC(C)(C)C)C(=O)N(C)N=C1C. The molecule has 0 saturated carbocycles. The van der Waals surface area contributed by atoms with Crippen molar-refractivity contribution >= 4 is 23.4 Å². The summed E-state index contributed by atoms with van der Waals surface area (Å²) in [5, 5.41) is 19.3. The molecule has 0 aromatic rings. The van der Waals surface area contributed by atoms with E-state index in [9.17, 15) is 14.8 Å². The number of ether oxygens (including phenoxy) is 1. The van der Waals surface area contributed by atoms with E-state index in [4.69, 9.17) is 4.74 Å². The number of amides is 2. The Morgan fingerprint density at radius 1 is 1.45 bits per heavy atom. The molecular weight excluding hydrogens is 292 g/mol. The first-order valence-electron chi connectivity index (χ1n) is 6.62. The zero-order valence-corrected chi connectivity index (χ0v) is 13.9. The van der Waals surface area contributed by atoms with E-state index in [0.717, 1.165) is 5.01 Å². The van der Waals surface area contributed by atoms with E-state index in [0.29, 0.717) is 0 Å². The molecule has 0 aliphatic carbocycles. The van der Waals surface area contributed by atoms with Crippen LogP contribution in [0, 0.1) is 0 Å². The van der Waals surface area contributed by atoms with Crippen molar-refractivity contribution in [3.63, 3.8) is 0 Å². The maximum atomic E-state index is 12.5. The molecule has 0 radical (unpaired) electrons. The van der Waals surface area contributed by atoms with Crippen LogP contribution in [-0.4, -0.2) is 64.0 Å². The molecule has 1 aliphatic rings. The van der Waals surface area contributed by atoms with Gasteiger partial charge in [-0.05, 0) is 34.6 Å². The maximum absolute atomic E-state index is 12.5. The third kappa shape index (κ3) is 2.89. The van der Waals surface area contributed by atoms with Gasteiger partial charge < -0.3 is 9.57 Å². The second-order valence-electron chi connectivity index (χ2n) is 5.88. The van der Waals surface area contributed by atoms with Gasteiger partial charge in [0.25, 0.3) is 5.91 Å². The van der Waals surface area contributed by atoms with Crippen molar-refractivity contribution < 1.29 is 24.4 Å². The van der Waals surface area contributed by atoms with Crippen LogP contribution >= 0.6 is 0 Å². The van der Waals surface area contributed by atoms with E-state index in [2.05, 4.69) is 15.1 Å². The third-order valence-corrected chi connectivity index (χ3v) is 3.06. The van der Waals surface area contributed by atoms with Gasteiger partial charge in [-0.3, -0.25) is 10.0 Å². The predicted octanol–water partition coefficient (Wildman–Crippen LogP) is 1.22. The number of hydroxylamine groups is 2. The smallest absolute Gasteiger partial charge is 0.436 e. The van der Waals surface area contributed by atoms with Gasteiger partial charge in [-0.15, -0.1) is 0 Å². The highest BCUT2D eigenvalue weighted by molar-refractivity contribution is 6.33. The van der Waals surface area contributed by atoms with Gasteiger partial charge in [0.05, 0.1) is 11.4 Å². The van der Waals surface area contributed by atoms with Gasteiger partial charge in [-0.2, -0.15) is 10.2 Å². The van der Waals surface area contributed by atoms with Crippen molar-refractivity contribution in [3.05, 3.63) is 0 Å². The lowest BCUT2D eigenvalue weighted by Crippen LogP contribution is -2.64. The van der Waals surface area contributed by atoms with E-state index < -0.39 is 23.1 Å². The summed E-state index contributed by atoms with van der Waals surface area (Å²) in [6, 6.07) is 0. The van der Waals surface area contributed by atoms with Crippen molar-refractivity contribution in [2.24, 2.45) is 10.3 Å². The molecule has 9 heteroatoms. The van der Waals surface area contributed by atoms with Crippen LogP contribution < -0.4 is 0 Å². The maximum Gasteiger partial charge on any atom is 0.436 e. The molecular formula is C13H22N4O5. The van der Waals surface area contributed by atoms with Crippen molar-refractivity contribution in [2.45, 2.75) is 45.8 Å². The average Bonchev–Trinajstić information content (AvgIpc) is 2.58. The molecule has 22 heavy (non-hydrogen) atoms. The Labute approximate surface area is 129 Å². The highest BCUT2D eigenvalue weighted by atomic mass is 16.6. The van der Waals surface area contributed by atoms with Gasteiger partial charge in [-0.1, -0.05) is 5.16 Å². The van der Waals surface area contributed by atoms with Crippen LogP contribution in [0.1, 0.15) is 34.6 Å². The van der Waals surface area contributed by atoms with E-state index in [1.165, 1.54) is 28.0 Å².